The standard InChI is InChI=1S/C12H20N2/c1-9(2)10-6-11-4-3-5-12(7-10)14(11)8-13/h9-12H,3-7H2,1-2H3. The summed E-state index contributed by atoms with van der Waals surface area (Å²) in [7, 11) is 0. The van der Waals surface area contributed by atoms with Crippen LogP contribution in [0, 0.1) is 23.3 Å². The monoisotopic (exact) mass is 192 g/mol. The fourth-order valence-electron chi connectivity index (χ4n) is 3.13. The van der Waals surface area contributed by atoms with Crippen molar-refractivity contribution in [1.82, 2.24) is 4.90 Å². The Morgan fingerprint density at radius 1 is 1.21 bits per heavy atom. The van der Waals surface area contributed by atoms with E-state index < -0.39 is 0 Å². The van der Waals surface area contributed by atoms with Crippen LogP contribution in [-0.2, 0) is 0 Å². The van der Waals surface area contributed by atoms with E-state index in [0.29, 0.717) is 12.1 Å². The third-order valence-corrected chi connectivity index (χ3v) is 4.07. The molecule has 0 saturated carbocycles. The summed E-state index contributed by atoms with van der Waals surface area (Å²) in [6.45, 7) is 4.64. The van der Waals surface area contributed by atoms with Crippen LogP contribution in [0.3, 0.4) is 0 Å². The van der Waals surface area contributed by atoms with Gasteiger partial charge in [-0.2, -0.15) is 5.26 Å². The minimum absolute atomic E-state index is 0.569. The van der Waals surface area contributed by atoms with Gasteiger partial charge in [-0.05, 0) is 43.9 Å². The Balaban J connectivity index is 2.09. The smallest absolute Gasteiger partial charge is 0.179 e. The zero-order valence-corrected chi connectivity index (χ0v) is 9.24. The molecule has 14 heavy (non-hydrogen) atoms. The van der Waals surface area contributed by atoms with E-state index in [9.17, 15) is 0 Å². The molecule has 0 aromatic heterocycles. The van der Waals surface area contributed by atoms with E-state index in [1.807, 2.05) is 0 Å². The molecular formula is C12H20N2. The van der Waals surface area contributed by atoms with Gasteiger partial charge in [0, 0.05) is 12.1 Å². The molecular weight excluding hydrogens is 172 g/mol. The molecule has 2 nitrogen and oxygen atoms in total. The summed E-state index contributed by atoms with van der Waals surface area (Å²) >= 11 is 0. The van der Waals surface area contributed by atoms with E-state index in [4.69, 9.17) is 5.26 Å². The number of piperidine rings is 2. The summed E-state index contributed by atoms with van der Waals surface area (Å²) in [5, 5.41) is 9.10. The van der Waals surface area contributed by atoms with E-state index in [-0.39, 0.29) is 0 Å². The average molecular weight is 192 g/mol. The summed E-state index contributed by atoms with van der Waals surface area (Å²) in [5.41, 5.74) is 0. The molecule has 2 unspecified atom stereocenters. The van der Waals surface area contributed by atoms with Crippen LogP contribution in [-0.4, -0.2) is 17.0 Å². The first-order chi connectivity index (χ1) is 6.72. The van der Waals surface area contributed by atoms with Crippen molar-refractivity contribution < 1.29 is 0 Å². The summed E-state index contributed by atoms with van der Waals surface area (Å²) < 4.78 is 0. The Morgan fingerprint density at radius 2 is 1.79 bits per heavy atom. The number of rotatable bonds is 1. The van der Waals surface area contributed by atoms with Crippen molar-refractivity contribution in [2.45, 2.75) is 58.0 Å². The molecule has 2 heteroatoms. The average Bonchev–Trinajstić information content (AvgIpc) is 2.15. The normalized spacial score (nSPS) is 37.0. The Hall–Kier alpha value is -0.710. The second-order valence-electron chi connectivity index (χ2n) is 5.22. The molecule has 0 aromatic rings. The molecule has 0 aromatic carbocycles. The summed E-state index contributed by atoms with van der Waals surface area (Å²) in [4.78, 5) is 2.09. The molecule has 2 aliphatic heterocycles. The first-order valence-corrected chi connectivity index (χ1v) is 5.90. The number of fused-ring (bicyclic) bond motifs is 2. The van der Waals surface area contributed by atoms with Crippen molar-refractivity contribution in [3.8, 4) is 6.19 Å². The van der Waals surface area contributed by atoms with Crippen LogP contribution in [0.25, 0.3) is 0 Å². The second kappa shape index (κ2) is 3.81. The molecule has 0 radical (unpaired) electrons. The van der Waals surface area contributed by atoms with Crippen LogP contribution in [0.2, 0.25) is 0 Å². The Morgan fingerprint density at radius 3 is 2.21 bits per heavy atom. The SMILES string of the molecule is CC(C)C1CC2CCCC(C1)N2C#N. The highest BCUT2D eigenvalue weighted by molar-refractivity contribution is 4.98. The second-order valence-corrected chi connectivity index (χ2v) is 5.22. The van der Waals surface area contributed by atoms with E-state index in [1.165, 1.54) is 32.1 Å². The summed E-state index contributed by atoms with van der Waals surface area (Å²) in [6.07, 6.45) is 8.72. The topological polar surface area (TPSA) is 27.0 Å². The van der Waals surface area contributed by atoms with Gasteiger partial charge in [0.25, 0.3) is 0 Å². The first-order valence-electron chi connectivity index (χ1n) is 5.90. The van der Waals surface area contributed by atoms with Crippen molar-refractivity contribution in [2.24, 2.45) is 11.8 Å². The number of hydrogen-bond acceptors (Lipinski definition) is 2. The third kappa shape index (κ3) is 1.61. The molecule has 2 fully saturated rings. The number of hydrogen-bond donors (Lipinski definition) is 0. The van der Waals surface area contributed by atoms with Gasteiger partial charge < -0.3 is 4.90 Å². The highest BCUT2D eigenvalue weighted by Gasteiger charge is 2.38. The molecule has 0 spiro atoms. The van der Waals surface area contributed by atoms with Crippen LogP contribution in [0.4, 0.5) is 0 Å². The minimum atomic E-state index is 0.569. The molecule has 2 aliphatic rings. The lowest BCUT2D eigenvalue weighted by atomic mass is 9.74. The molecule has 2 rings (SSSR count). The predicted molar refractivity (Wildman–Crippen MR) is 56.4 cm³/mol. The highest BCUT2D eigenvalue weighted by Crippen LogP contribution is 2.39. The predicted octanol–water partition coefficient (Wildman–Crippen LogP) is 2.76. The molecule has 0 N–H and O–H groups in total. The van der Waals surface area contributed by atoms with Gasteiger partial charge in [-0.15, -0.1) is 0 Å². The van der Waals surface area contributed by atoms with Crippen molar-refractivity contribution in [2.75, 3.05) is 0 Å². The molecule has 0 aliphatic carbocycles. The first kappa shape index (κ1) is 9.83. The van der Waals surface area contributed by atoms with Gasteiger partial charge in [-0.1, -0.05) is 13.8 Å². The molecule has 2 bridgehead atoms. The van der Waals surface area contributed by atoms with Gasteiger partial charge in [-0.25, -0.2) is 0 Å². The Kier molecular flexibility index (Phi) is 2.67. The van der Waals surface area contributed by atoms with E-state index in [2.05, 4.69) is 24.9 Å². The summed E-state index contributed by atoms with van der Waals surface area (Å²) in [6, 6.07) is 1.14. The minimum Gasteiger partial charge on any atom is -0.305 e. The summed E-state index contributed by atoms with van der Waals surface area (Å²) in [5.74, 6) is 1.65. The van der Waals surface area contributed by atoms with Gasteiger partial charge >= 0.3 is 0 Å². The van der Waals surface area contributed by atoms with Crippen molar-refractivity contribution >= 4 is 0 Å². The lowest BCUT2D eigenvalue weighted by molar-refractivity contribution is 0.0471. The zero-order chi connectivity index (χ0) is 10.1. The lowest BCUT2D eigenvalue weighted by Gasteiger charge is -2.47. The molecule has 2 saturated heterocycles. The quantitative estimate of drug-likeness (QED) is 0.597. The largest absolute Gasteiger partial charge is 0.305 e. The van der Waals surface area contributed by atoms with Gasteiger partial charge in [0.05, 0.1) is 0 Å². The van der Waals surface area contributed by atoms with Crippen LogP contribution < -0.4 is 0 Å². The maximum absolute atomic E-state index is 9.10. The molecule has 2 atom stereocenters. The zero-order valence-electron chi connectivity index (χ0n) is 9.24. The fraction of sp³-hybridized carbons (Fsp3) is 0.917. The maximum Gasteiger partial charge on any atom is 0.179 e. The van der Waals surface area contributed by atoms with E-state index in [1.54, 1.807) is 0 Å². The fourth-order valence-corrected chi connectivity index (χ4v) is 3.13. The van der Waals surface area contributed by atoms with Gasteiger partial charge in [0.1, 0.15) is 0 Å². The highest BCUT2D eigenvalue weighted by atomic mass is 15.2. The van der Waals surface area contributed by atoms with Gasteiger partial charge in [0.15, 0.2) is 6.19 Å². The van der Waals surface area contributed by atoms with Crippen LogP contribution >= 0.6 is 0 Å². The third-order valence-electron chi connectivity index (χ3n) is 4.07. The van der Waals surface area contributed by atoms with Crippen LogP contribution in [0.5, 0.6) is 0 Å². The molecule has 0 amide bonds. The molecule has 2 heterocycles. The van der Waals surface area contributed by atoms with Crippen molar-refractivity contribution in [3.05, 3.63) is 0 Å². The van der Waals surface area contributed by atoms with E-state index >= 15 is 0 Å². The lowest BCUT2D eigenvalue weighted by Crippen LogP contribution is -2.50. The van der Waals surface area contributed by atoms with Gasteiger partial charge in [-0.3, -0.25) is 0 Å². The van der Waals surface area contributed by atoms with E-state index in [0.717, 1.165) is 11.8 Å². The van der Waals surface area contributed by atoms with Crippen molar-refractivity contribution in [1.29, 1.82) is 5.26 Å². The van der Waals surface area contributed by atoms with Crippen LogP contribution in [0.15, 0.2) is 0 Å². The van der Waals surface area contributed by atoms with Crippen molar-refractivity contribution in [3.63, 3.8) is 0 Å². The van der Waals surface area contributed by atoms with Gasteiger partial charge in [0.2, 0.25) is 0 Å². The number of nitriles is 1. The molecule has 78 valence electrons. The Bertz CT molecular complexity index is 227. The maximum atomic E-state index is 9.10. The number of nitrogens with zero attached hydrogens (tertiary/aromatic N) is 2. The van der Waals surface area contributed by atoms with Crippen LogP contribution in [0.1, 0.15) is 46.0 Å². The Labute approximate surface area is 86.9 Å².